The Morgan fingerprint density at radius 2 is 2.05 bits per heavy atom. The molecular formula is C16H15N3S. The average Bonchev–Trinajstić information content (AvgIpc) is 2.74. The van der Waals surface area contributed by atoms with Crippen LogP contribution in [-0.4, -0.2) is 11.7 Å². The van der Waals surface area contributed by atoms with E-state index < -0.39 is 0 Å². The molecule has 0 saturated heterocycles. The molecule has 1 aromatic carbocycles. The van der Waals surface area contributed by atoms with Gasteiger partial charge in [0, 0.05) is 12.2 Å². The second kappa shape index (κ2) is 7.27. The summed E-state index contributed by atoms with van der Waals surface area (Å²) < 4.78 is 0. The number of hydrogen-bond acceptors (Lipinski definition) is 2. The van der Waals surface area contributed by atoms with E-state index in [0.29, 0.717) is 17.2 Å². The molecule has 100 valence electrons. The molecule has 20 heavy (non-hydrogen) atoms. The zero-order valence-electron chi connectivity index (χ0n) is 11.0. The molecule has 0 aliphatic heterocycles. The van der Waals surface area contributed by atoms with Gasteiger partial charge in [-0.15, -0.1) is 0 Å². The van der Waals surface area contributed by atoms with E-state index in [1.807, 2.05) is 24.3 Å². The molecule has 0 amide bonds. The van der Waals surface area contributed by atoms with E-state index in [-0.39, 0.29) is 0 Å². The van der Waals surface area contributed by atoms with Gasteiger partial charge in [-0.3, -0.25) is 0 Å². The van der Waals surface area contributed by atoms with Gasteiger partial charge in [-0.1, -0.05) is 30.4 Å². The van der Waals surface area contributed by atoms with Crippen molar-refractivity contribution in [3.63, 3.8) is 0 Å². The third-order valence-corrected chi connectivity index (χ3v) is 3.04. The Bertz CT molecular complexity index is 604. The predicted molar refractivity (Wildman–Crippen MR) is 86.4 cm³/mol. The lowest BCUT2D eigenvalue weighted by Gasteiger charge is -2.11. The molecular weight excluding hydrogens is 266 g/mol. The molecule has 0 unspecified atom stereocenters. The predicted octanol–water partition coefficient (Wildman–Crippen LogP) is 3.29. The molecule has 1 aliphatic carbocycles. The number of allylic oxidation sites excluding steroid dienone is 4. The summed E-state index contributed by atoms with van der Waals surface area (Å²) in [5, 5.41) is 15.6. The molecule has 0 heterocycles. The fourth-order valence-electron chi connectivity index (χ4n) is 1.74. The van der Waals surface area contributed by atoms with Crippen LogP contribution in [0.2, 0.25) is 0 Å². The Labute approximate surface area is 124 Å². The number of nitriles is 1. The Kier molecular flexibility index (Phi) is 5.10. The van der Waals surface area contributed by atoms with Crippen molar-refractivity contribution in [3.05, 3.63) is 65.8 Å². The van der Waals surface area contributed by atoms with Crippen LogP contribution in [0.5, 0.6) is 0 Å². The highest BCUT2D eigenvalue weighted by Crippen LogP contribution is 2.09. The van der Waals surface area contributed by atoms with E-state index in [0.717, 1.165) is 12.1 Å². The number of benzene rings is 1. The summed E-state index contributed by atoms with van der Waals surface area (Å²) in [6.07, 6.45) is 11.4. The van der Waals surface area contributed by atoms with Gasteiger partial charge in [0.1, 0.15) is 0 Å². The third kappa shape index (κ3) is 4.38. The fraction of sp³-hybridized carbons (Fsp3) is 0.125. The maximum Gasteiger partial charge on any atom is 0.171 e. The number of rotatable bonds is 3. The molecule has 3 nitrogen and oxygen atoms in total. The smallest absolute Gasteiger partial charge is 0.171 e. The normalized spacial score (nSPS) is 13.1. The van der Waals surface area contributed by atoms with Crippen molar-refractivity contribution < 1.29 is 0 Å². The van der Waals surface area contributed by atoms with E-state index in [2.05, 4.69) is 34.9 Å². The summed E-state index contributed by atoms with van der Waals surface area (Å²) in [6, 6.07) is 9.27. The zero-order chi connectivity index (χ0) is 14.2. The highest BCUT2D eigenvalue weighted by Gasteiger charge is 1.99. The second-order valence-electron chi connectivity index (χ2n) is 4.30. The summed E-state index contributed by atoms with van der Waals surface area (Å²) in [5.74, 6) is 0. The minimum Gasteiger partial charge on any atom is -0.358 e. The van der Waals surface area contributed by atoms with Crippen molar-refractivity contribution in [2.45, 2.75) is 6.42 Å². The van der Waals surface area contributed by atoms with Crippen LogP contribution in [0.3, 0.4) is 0 Å². The van der Waals surface area contributed by atoms with Crippen LogP contribution in [0.25, 0.3) is 0 Å². The minimum absolute atomic E-state index is 0.571. The van der Waals surface area contributed by atoms with Crippen LogP contribution < -0.4 is 10.6 Å². The largest absolute Gasteiger partial charge is 0.358 e. The van der Waals surface area contributed by atoms with E-state index in [4.69, 9.17) is 17.5 Å². The summed E-state index contributed by atoms with van der Waals surface area (Å²) in [4.78, 5) is 0. The highest BCUT2D eigenvalue weighted by molar-refractivity contribution is 7.80. The Hall–Kier alpha value is -2.38. The molecule has 0 atom stereocenters. The average molecular weight is 281 g/mol. The van der Waals surface area contributed by atoms with Crippen LogP contribution in [0, 0.1) is 11.3 Å². The van der Waals surface area contributed by atoms with Gasteiger partial charge in [0.25, 0.3) is 0 Å². The number of nitrogens with one attached hydrogen (secondary N) is 2. The summed E-state index contributed by atoms with van der Waals surface area (Å²) in [7, 11) is 0. The van der Waals surface area contributed by atoms with Gasteiger partial charge in [-0.2, -0.15) is 5.26 Å². The van der Waals surface area contributed by atoms with Crippen molar-refractivity contribution in [2.24, 2.45) is 0 Å². The zero-order valence-corrected chi connectivity index (χ0v) is 11.8. The number of hydrogen-bond donors (Lipinski definition) is 2. The molecule has 0 saturated carbocycles. The van der Waals surface area contributed by atoms with Gasteiger partial charge >= 0.3 is 0 Å². The first-order valence-electron chi connectivity index (χ1n) is 6.35. The van der Waals surface area contributed by atoms with E-state index in [9.17, 15) is 0 Å². The van der Waals surface area contributed by atoms with Crippen LogP contribution in [0.4, 0.5) is 5.69 Å². The van der Waals surface area contributed by atoms with Crippen molar-refractivity contribution in [1.82, 2.24) is 5.32 Å². The van der Waals surface area contributed by atoms with Gasteiger partial charge in [-0.25, -0.2) is 0 Å². The lowest BCUT2D eigenvalue weighted by atomic mass is 10.2. The van der Waals surface area contributed by atoms with Crippen molar-refractivity contribution in [2.75, 3.05) is 11.9 Å². The van der Waals surface area contributed by atoms with Gasteiger partial charge in [0.15, 0.2) is 5.11 Å². The van der Waals surface area contributed by atoms with Gasteiger partial charge in [-0.05, 0) is 48.5 Å². The van der Waals surface area contributed by atoms with Gasteiger partial charge in [0.2, 0.25) is 0 Å². The molecule has 2 N–H and O–H groups in total. The first kappa shape index (κ1) is 14.0. The topological polar surface area (TPSA) is 47.9 Å². The van der Waals surface area contributed by atoms with Crippen molar-refractivity contribution >= 4 is 23.0 Å². The monoisotopic (exact) mass is 281 g/mol. The molecule has 2 rings (SSSR count). The lowest BCUT2D eigenvalue weighted by molar-refractivity contribution is 1.01. The SMILES string of the molecule is N#Cc1ccc(NC(=S)NCC2=CCC=CC=C2)cc1. The molecule has 0 aromatic heterocycles. The summed E-state index contributed by atoms with van der Waals surface area (Å²) in [6.45, 7) is 0.695. The van der Waals surface area contributed by atoms with Crippen molar-refractivity contribution in [1.29, 1.82) is 5.26 Å². The maximum absolute atomic E-state index is 8.74. The van der Waals surface area contributed by atoms with E-state index >= 15 is 0 Å². The fourth-order valence-corrected chi connectivity index (χ4v) is 1.93. The number of nitrogens with zero attached hydrogens (tertiary/aromatic N) is 1. The molecule has 1 aliphatic rings. The number of anilines is 1. The van der Waals surface area contributed by atoms with Gasteiger partial charge < -0.3 is 10.6 Å². The molecule has 4 heteroatoms. The minimum atomic E-state index is 0.571. The first-order valence-corrected chi connectivity index (χ1v) is 6.76. The molecule has 1 aromatic rings. The lowest BCUT2D eigenvalue weighted by Crippen LogP contribution is -2.29. The number of thiocarbonyl (C=S) groups is 1. The first-order chi connectivity index (χ1) is 9.78. The Morgan fingerprint density at radius 3 is 2.80 bits per heavy atom. The summed E-state index contributed by atoms with van der Waals surface area (Å²) >= 11 is 5.25. The Balaban J connectivity index is 1.83. The highest BCUT2D eigenvalue weighted by atomic mass is 32.1. The van der Waals surface area contributed by atoms with Gasteiger partial charge in [0.05, 0.1) is 11.6 Å². The van der Waals surface area contributed by atoms with Crippen LogP contribution in [-0.2, 0) is 0 Å². The van der Waals surface area contributed by atoms with Crippen LogP contribution >= 0.6 is 12.2 Å². The molecule has 0 bridgehead atoms. The van der Waals surface area contributed by atoms with E-state index in [1.54, 1.807) is 12.1 Å². The second-order valence-corrected chi connectivity index (χ2v) is 4.71. The molecule has 0 spiro atoms. The summed E-state index contributed by atoms with van der Waals surface area (Å²) in [5.41, 5.74) is 2.71. The van der Waals surface area contributed by atoms with Crippen LogP contribution in [0.1, 0.15) is 12.0 Å². The third-order valence-electron chi connectivity index (χ3n) is 2.80. The molecule has 0 fully saturated rings. The Morgan fingerprint density at radius 1 is 1.25 bits per heavy atom. The van der Waals surface area contributed by atoms with Crippen molar-refractivity contribution in [3.8, 4) is 6.07 Å². The van der Waals surface area contributed by atoms with Crippen LogP contribution in [0.15, 0.2) is 60.2 Å². The standard InChI is InChI=1S/C16H15N3S/c17-11-13-7-9-15(10-8-13)19-16(20)18-12-14-5-3-1-2-4-6-14/h1-3,5-10H,4,12H2,(H2,18,19,20). The quantitative estimate of drug-likeness (QED) is 0.835. The molecule has 0 radical (unpaired) electrons. The maximum atomic E-state index is 8.74. The van der Waals surface area contributed by atoms with E-state index in [1.165, 1.54) is 5.57 Å².